The van der Waals surface area contributed by atoms with E-state index in [2.05, 4.69) is 20.6 Å². The van der Waals surface area contributed by atoms with Gasteiger partial charge in [-0.25, -0.2) is 29.1 Å². The third kappa shape index (κ3) is 25.8. The first kappa shape index (κ1) is 62.2. The molecule has 2 aromatic heterocycles. The number of amides is 4. The van der Waals surface area contributed by atoms with E-state index in [1.807, 2.05) is 109 Å². The molecule has 2 atom stereocenters. The van der Waals surface area contributed by atoms with Crippen molar-refractivity contribution in [2.75, 3.05) is 50.2 Å². The van der Waals surface area contributed by atoms with Gasteiger partial charge in [-0.3, -0.25) is 29.8 Å². The van der Waals surface area contributed by atoms with E-state index in [1.165, 1.54) is 0 Å². The predicted molar refractivity (Wildman–Crippen MR) is 269 cm³/mol. The van der Waals surface area contributed by atoms with Gasteiger partial charge in [0.15, 0.2) is 0 Å². The number of carbonyl (C=O) groups excluding carboxylic acids is 4. The molecule has 2 aromatic carbocycles. The van der Waals surface area contributed by atoms with Crippen LogP contribution in [0.1, 0.15) is 11.1 Å². The molecule has 21 nitrogen and oxygen atoms in total. The van der Waals surface area contributed by atoms with Crippen molar-refractivity contribution in [1.82, 2.24) is 20.6 Å². The molecule has 8 N–H and O–H groups in total. The first-order valence-electron chi connectivity index (χ1n) is 19.5. The average molecular weight is 1130 g/mol. The lowest BCUT2D eigenvalue weighted by atomic mass is 10.1. The second-order valence-electron chi connectivity index (χ2n) is 13.4. The summed E-state index contributed by atoms with van der Waals surface area (Å²) in [6.07, 6.45) is 6.83. The molecular formula is C44H50Br2N6O15S2. The Morgan fingerprint density at radius 2 is 0.884 bits per heavy atom. The Bertz CT molecular complexity index is 2140. The van der Waals surface area contributed by atoms with Crippen molar-refractivity contribution in [3.63, 3.8) is 0 Å². The summed E-state index contributed by atoms with van der Waals surface area (Å²) < 4.78 is 11.5. The Morgan fingerprint density at radius 1 is 0.565 bits per heavy atom. The van der Waals surface area contributed by atoms with Crippen LogP contribution in [-0.4, -0.2) is 133 Å². The molecule has 372 valence electrons. The van der Waals surface area contributed by atoms with E-state index >= 15 is 0 Å². The van der Waals surface area contributed by atoms with Crippen molar-refractivity contribution in [1.29, 1.82) is 0 Å². The van der Waals surface area contributed by atoms with Crippen LogP contribution in [0, 0.1) is 0 Å². The summed E-state index contributed by atoms with van der Waals surface area (Å²) in [4.78, 5) is 96.4. The number of carboxylic acid groups (broad SMARTS) is 4. The number of nitrogens with zero attached hydrogens (tertiary/aromatic N) is 4. The summed E-state index contributed by atoms with van der Waals surface area (Å²) in [6, 6.07) is 26.8. The number of aliphatic carboxylic acids is 4. The van der Waals surface area contributed by atoms with Crippen LogP contribution < -0.4 is 29.9 Å². The molecule has 2 saturated heterocycles. The van der Waals surface area contributed by atoms with Gasteiger partial charge >= 0.3 is 23.9 Å². The monoisotopic (exact) mass is 1120 g/mol. The number of hydrogen-bond acceptors (Lipinski definition) is 16. The van der Waals surface area contributed by atoms with E-state index in [0.29, 0.717) is 50.4 Å². The maximum atomic E-state index is 11.6. The van der Waals surface area contributed by atoms with Gasteiger partial charge in [0.2, 0.25) is 11.8 Å². The third-order valence-corrected chi connectivity index (χ3v) is 10.4. The highest BCUT2D eigenvalue weighted by atomic mass is 79.9. The maximum Gasteiger partial charge on any atom is 0.328 e. The fourth-order valence-electron chi connectivity index (χ4n) is 5.20. The number of imide groups is 2. The molecular weight excluding hydrogens is 1080 g/mol. The number of anilines is 2. The fourth-order valence-corrected chi connectivity index (χ4v) is 6.92. The highest BCUT2D eigenvalue weighted by Gasteiger charge is 2.32. The molecule has 0 bridgehead atoms. The number of aromatic nitrogens is 2. The minimum atomic E-state index is -1.26. The van der Waals surface area contributed by atoms with E-state index < -0.39 is 23.9 Å². The highest BCUT2D eigenvalue weighted by Crippen LogP contribution is 2.25. The van der Waals surface area contributed by atoms with Crippen molar-refractivity contribution in [3.05, 3.63) is 133 Å². The number of likely N-dealkylation sites (N-methyl/N-ethyl adjacent to an activating group) is 2. The second-order valence-corrected chi connectivity index (χ2v) is 15.7. The van der Waals surface area contributed by atoms with Crippen LogP contribution in [0.15, 0.2) is 122 Å². The summed E-state index contributed by atoms with van der Waals surface area (Å²) in [7, 11) is 3.95. The SMILES string of the molecule is Br.Br.CN(CCOc1ccc(CC2SC(=O)NC2=O)cc1)c1ccccn1.CN(CCOc1ccc(CC2SC(=O)NC2=O)cc1)c1ccccn1.O.O=C(O)C=CC(=O)O.O=C(O)C=CC(=O)O. The predicted octanol–water partition coefficient (Wildman–Crippen LogP) is 4.74. The molecule has 0 saturated carbocycles. The molecule has 4 aromatic rings. The van der Waals surface area contributed by atoms with Crippen LogP contribution in [0.25, 0.3) is 0 Å². The number of thioether (sulfide) groups is 2. The van der Waals surface area contributed by atoms with Crippen molar-refractivity contribution < 1.29 is 73.7 Å². The van der Waals surface area contributed by atoms with Gasteiger partial charge in [-0.15, -0.1) is 34.0 Å². The van der Waals surface area contributed by atoms with E-state index in [9.17, 15) is 38.4 Å². The molecule has 2 unspecified atom stereocenters. The summed E-state index contributed by atoms with van der Waals surface area (Å²) >= 11 is 2.09. The van der Waals surface area contributed by atoms with Crippen molar-refractivity contribution in [2.45, 2.75) is 23.3 Å². The third-order valence-electron chi connectivity index (χ3n) is 8.43. The largest absolute Gasteiger partial charge is 0.492 e. The first-order chi connectivity index (χ1) is 31.5. The van der Waals surface area contributed by atoms with Crippen molar-refractivity contribution in [3.8, 4) is 11.5 Å². The summed E-state index contributed by atoms with van der Waals surface area (Å²) in [5.74, 6) is -2.09. The standard InChI is InChI=1S/2C18H19N3O3S.2C4H4O4.2BrH.H2O/c2*1-21(16-4-2-3-9-19-16)10-11-24-14-7-5-13(6-8-14)12-15-17(22)20-18(23)25-15;2*5-3(6)1-2-4(7)8;;;/h2*2-9,15H,10-12H2,1H3,(H,20,22,23);2*1-2H,(H,5,6)(H,7,8);2*1H;1H2. The topological polar surface area (TPSA) is 324 Å². The van der Waals surface area contributed by atoms with Crippen molar-refractivity contribution >= 4 is 115 Å². The lowest BCUT2D eigenvalue weighted by Crippen LogP contribution is -2.25. The van der Waals surface area contributed by atoms with Crippen molar-refractivity contribution in [2.24, 2.45) is 0 Å². The lowest BCUT2D eigenvalue weighted by molar-refractivity contribution is -0.134. The normalized spacial score (nSPS) is 14.2. The van der Waals surface area contributed by atoms with Crippen LogP contribution >= 0.6 is 57.5 Å². The number of pyridine rings is 2. The van der Waals surface area contributed by atoms with Gasteiger partial charge < -0.3 is 45.2 Å². The molecule has 2 aliphatic rings. The van der Waals surface area contributed by atoms with Crippen LogP contribution in [0.4, 0.5) is 21.2 Å². The van der Waals surface area contributed by atoms with E-state index in [1.54, 1.807) is 12.4 Å². The van der Waals surface area contributed by atoms with Crippen LogP contribution in [-0.2, 0) is 41.6 Å². The molecule has 69 heavy (non-hydrogen) atoms. The van der Waals surface area contributed by atoms with Crippen LogP contribution in [0.5, 0.6) is 11.5 Å². The molecule has 0 spiro atoms. The number of benzene rings is 2. The lowest BCUT2D eigenvalue weighted by Gasteiger charge is -2.18. The van der Waals surface area contributed by atoms with Gasteiger partial charge in [0.05, 0.1) is 23.6 Å². The Labute approximate surface area is 425 Å². The summed E-state index contributed by atoms with van der Waals surface area (Å²) in [6.45, 7) is 2.53. The molecule has 4 amide bonds. The summed E-state index contributed by atoms with van der Waals surface area (Å²) in [5, 5.41) is 34.6. The van der Waals surface area contributed by atoms with E-state index in [0.717, 1.165) is 70.9 Å². The zero-order chi connectivity index (χ0) is 48.4. The minimum absolute atomic E-state index is 0. The zero-order valence-corrected chi connectivity index (χ0v) is 41.8. The van der Waals surface area contributed by atoms with Gasteiger partial charge in [0, 0.05) is 50.8 Å². The smallest absolute Gasteiger partial charge is 0.328 e. The number of rotatable bonds is 18. The zero-order valence-electron chi connectivity index (χ0n) is 36.7. The average Bonchev–Trinajstić information content (AvgIpc) is 3.79. The van der Waals surface area contributed by atoms with Gasteiger partial charge in [0.1, 0.15) is 36.3 Å². The van der Waals surface area contributed by atoms with Gasteiger partial charge in [-0.2, -0.15) is 0 Å². The Morgan fingerprint density at radius 3 is 1.13 bits per heavy atom. The molecule has 2 aliphatic heterocycles. The maximum absolute atomic E-state index is 11.6. The quantitative estimate of drug-likeness (QED) is 0.0733. The summed E-state index contributed by atoms with van der Waals surface area (Å²) in [5.41, 5.74) is 2.00. The number of carboxylic acids is 4. The van der Waals surface area contributed by atoms with Crippen LogP contribution in [0.3, 0.4) is 0 Å². The van der Waals surface area contributed by atoms with Gasteiger partial charge in [0.25, 0.3) is 10.5 Å². The number of hydrogen-bond donors (Lipinski definition) is 6. The van der Waals surface area contributed by atoms with E-state index in [-0.39, 0.29) is 72.2 Å². The van der Waals surface area contributed by atoms with E-state index in [4.69, 9.17) is 29.9 Å². The second kappa shape index (κ2) is 33.6. The Hall–Kier alpha value is -6.80. The molecule has 25 heteroatoms. The number of carbonyl (C=O) groups is 8. The minimum Gasteiger partial charge on any atom is -0.492 e. The Kier molecular flexibility index (Phi) is 30.3. The molecule has 0 radical (unpaired) electrons. The highest BCUT2D eigenvalue weighted by molar-refractivity contribution is 8.93. The number of nitrogens with one attached hydrogen (secondary N) is 2. The molecule has 0 aliphatic carbocycles. The molecule has 6 rings (SSSR count). The first-order valence-corrected chi connectivity index (χ1v) is 21.2. The molecule has 2 fully saturated rings. The number of ether oxygens (including phenoxy) is 2. The molecule has 4 heterocycles. The van der Waals surface area contributed by atoms with Gasteiger partial charge in [-0.05, 0) is 72.5 Å². The Balaban J connectivity index is 0.000000991. The fraction of sp³-hybridized carbons (Fsp3) is 0.227. The number of halogens is 2. The van der Waals surface area contributed by atoms with Gasteiger partial charge in [-0.1, -0.05) is 59.9 Å². The van der Waals surface area contributed by atoms with Crippen LogP contribution in [0.2, 0.25) is 0 Å².